The first-order valence-corrected chi connectivity index (χ1v) is 8.48. The van der Waals surface area contributed by atoms with Gasteiger partial charge in [0, 0.05) is 5.02 Å². The van der Waals surface area contributed by atoms with E-state index < -0.39 is 0 Å². The highest BCUT2D eigenvalue weighted by Crippen LogP contribution is 2.37. The summed E-state index contributed by atoms with van der Waals surface area (Å²) >= 11 is 6.75. The summed E-state index contributed by atoms with van der Waals surface area (Å²) in [5, 5.41) is 0.190. The van der Waals surface area contributed by atoms with Crippen LogP contribution in [0.25, 0.3) is 6.08 Å². The molecule has 0 bridgehead atoms. The van der Waals surface area contributed by atoms with Gasteiger partial charge >= 0.3 is 0 Å². The highest BCUT2D eigenvalue weighted by Gasteiger charge is 2.36. The number of imide groups is 1. The summed E-state index contributed by atoms with van der Waals surface area (Å²) in [4.78, 5) is 26.3. The fourth-order valence-corrected chi connectivity index (χ4v) is 3.34. The smallest absolute Gasteiger partial charge is 0.298 e. The van der Waals surface area contributed by atoms with E-state index in [-0.39, 0.29) is 11.1 Å². The lowest BCUT2D eigenvalue weighted by Crippen LogP contribution is -2.27. The van der Waals surface area contributed by atoms with Crippen molar-refractivity contribution in [2.45, 2.75) is 0 Å². The van der Waals surface area contributed by atoms with Crippen LogP contribution < -0.4 is 14.4 Å². The average Bonchev–Trinajstić information content (AvgIpc) is 2.89. The van der Waals surface area contributed by atoms with Crippen molar-refractivity contribution in [1.82, 2.24) is 0 Å². The van der Waals surface area contributed by atoms with Crippen LogP contribution in [-0.4, -0.2) is 25.4 Å². The second-order valence-corrected chi connectivity index (χ2v) is 6.54. The Kier molecular flexibility index (Phi) is 5.01. The highest BCUT2D eigenvalue weighted by molar-refractivity contribution is 8.19. The molecule has 0 atom stereocenters. The third kappa shape index (κ3) is 3.50. The van der Waals surface area contributed by atoms with Gasteiger partial charge in [0.1, 0.15) is 0 Å². The van der Waals surface area contributed by atoms with Gasteiger partial charge in [-0.2, -0.15) is 0 Å². The van der Waals surface area contributed by atoms with Gasteiger partial charge in [-0.3, -0.25) is 9.59 Å². The molecule has 3 rings (SSSR count). The van der Waals surface area contributed by atoms with E-state index >= 15 is 0 Å². The monoisotopic (exact) mass is 375 g/mol. The fourth-order valence-electron chi connectivity index (χ4n) is 2.37. The van der Waals surface area contributed by atoms with Crippen LogP contribution in [0.15, 0.2) is 47.4 Å². The first-order chi connectivity index (χ1) is 12.0. The molecule has 7 heteroatoms. The number of carbonyl (C=O) groups excluding carboxylic acids is 2. The van der Waals surface area contributed by atoms with Crippen molar-refractivity contribution in [2.24, 2.45) is 0 Å². The Labute approximate surface area is 154 Å². The Morgan fingerprint density at radius 2 is 1.68 bits per heavy atom. The number of ether oxygens (including phenoxy) is 2. The predicted octanol–water partition coefficient (Wildman–Crippen LogP) is 4.60. The van der Waals surface area contributed by atoms with Crippen molar-refractivity contribution in [3.8, 4) is 11.5 Å². The van der Waals surface area contributed by atoms with Gasteiger partial charge in [0.05, 0.1) is 24.8 Å². The van der Waals surface area contributed by atoms with E-state index in [1.54, 1.807) is 55.7 Å². The van der Waals surface area contributed by atoms with Crippen LogP contribution in [0.3, 0.4) is 0 Å². The van der Waals surface area contributed by atoms with Gasteiger partial charge in [0.15, 0.2) is 11.5 Å². The van der Waals surface area contributed by atoms with Crippen LogP contribution in [0, 0.1) is 0 Å². The number of nitrogens with zero attached hydrogens (tertiary/aromatic N) is 1. The molecule has 0 unspecified atom stereocenters. The van der Waals surface area contributed by atoms with E-state index in [0.29, 0.717) is 27.1 Å². The second kappa shape index (κ2) is 7.21. The van der Waals surface area contributed by atoms with Gasteiger partial charge in [-0.1, -0.05) is 17.7 Å². The molecule has 2 amide bonds. The van der Waals surface area contributed by atoms with Crippen molar-refractivity contribution in [3.63, 3.8) is 0 Å². The van der Waals surface area contributed by atoms with E-state index in [1.165, 1.54) is 7.11 Å². The van der Waals surface area contributed by atoms with Crippen LogP contribution in [0.1, 0.15) is 5.56 Å². The Bertz CT molecular complexity index is 864. The molecule has 1 saturated heterocycles. The van der Waals surface area contributed by atoms with Crippen molar-refractivity contribution in [1.29, 1.82) is 0 Å². The number of rotatable bonds is 4. The summed E-state index contributed by atoms with van der Waals surface area (Å²) < 4.78 is 10.4. The lowest BCUT2D eigenvalue weighted by Gasteiger charge is -2.12. The van der Waals surface area contributed by atoms with E-state index in [1.807, 2.05) is 0 Å². The molecule has 2 aromatic carbocycles. The average molecular weight is 376 g/mol. The maximum atomic E-state index is 12.6. The number of hydrogen-bond acceptors (Lipinski definition) is 5. The van der Waals surface area contributed by atoms with Crippen LogP contribution in [0.2, 0.25) is 5.02 Å². The molecule has 0 N–H and O–H groups in total. The molecule has 5 nitrogen and oxygen atoms in total. The van der Waals surface area contributed by atoms with Gasteiger partial charge in [-0.25, -0.2) is 4.90 Å². The van der Waals surface area contributed by atoms with Crippen LogP contribution in [0.5, 0.6) is 11.5 Å². The Balaban J connectivity index is 1.91. The maximum Gasteiger partial charge on any atom is 0.298 e. The van der Waals surface area contributed by atoms with Crippen LogP contribution >= 0.6 is 23.4 Å². The van der Waals surface area contributed by atoms with E-state index in [0.717, 1.165) is 22.2 Å². The van der Waals surface area contributed by atoms with Crippen LogP contribution in [0.4, 0.5) is 10.5 Å². The number of thioether (sulfide) groups is 1. The lowest BCUT2D eigenvalue weighted by atomic mass is 10.2. The summed E-state index contributed by atoms with van der Waals surface area (Å²) in [6, 6.07) is 11.8. The molecular weight excluding hydrogens is 362 g/mol. The van der Waals surface area contributed by atoms with E-state index in [9.17, 15) is 9.59 Å². The SMILES string of the molecule is COc1ccc(/C=C2\SC(=O)N(c3ccc(Cl)cc3)C2=O)cc1OC. The topological polar surface area (TPSA) is 55.8 Å². The molecule has 2 aromatic rings. The second-order valence-electron chi connectivity index (χ2n) is 5.11. The molecule has 1 aliphatic rings. The molecular formula is C18H14ClNO4S. The summed E-state index contributed by atoms with van der Waals surface area (Å²) in [5.41, 5.74) is 1.22. The molecule has 25 heavy (non-hydrogen) atoms. The summed E-state index contributed by atoms with van der Waals surface area (Å²) in [5.74, 6) is 0.772. The Morgan fingerprint density at radius 3 is 2.32 bits per heavy atom. The number of benzene rings is 2. The molecule has 0 spiro atoms. The lowest BCUT2D eigenvalue weighted by molar-refractivity contribution is -0.113. The normalized spacial score (nSPS) is 15.8. The van der Waals surface area contributed by atoms with Crippen molar-refractivity contribution >= 4 is 46.3 Å². The minimum atomic E-state index is -0.368. The fraction of sp³-hybridized carbons (Fsp3) is 0.111. The Morgan fingerprint density at radius 1 is 1.00 bits per heavy atom. The van der Waals surface area contributed by atoms with E-state index in [4.69, 9.17) is 21.1 Å². The molecule has 0 radical (unpaired) electrons. The highest BCUT2D eigenvalue weighted by atomic mass is 35.5. The summed E-state index contributed by atoms with van der Waals surface area (Å²) in [6.45, 7) is 0. The molecule has 1 heterocycles. The summed E-state index contributed by atoms with van der Waals surface area (Å²) in [7, 11) is 3.09. The number of amides is 2. The van der Waals surface area contributed by atoms with E-state index in [2.05, 4.69) is 0 Å². The first kappa shape index (κ1) is 17.4. The van der Waals surface area contributed by atoms with Crippen LogP contribution in [-0.2, 0) is 4.79 Å². The molecule has 0 saturated carbocycles. The first-order valence-electron chi connectivity index (χ1n) is 7.29. The number of carbonyl (C=O) groups is 2. The number of halogens is 1. The zero-order chi connectivity index (χ0) is 18.0. The molecule has 128 valence electrons. The van der Waals surface area contributed by atoms with Gasteiger partial charge in [0.25, 0.3) is 11.1 Å². The molecule has 0 aliphatic carbocycles. The minimum Gasteiger partial charge on any atom is -0.493 e. The number of hydrogen-bond donors (Lipinski definition) is 0. The molecule has 1 fully saturated rings. The Hall–Kier alpha value is -2.44. The zero-order valence-corrected chi connectivity index (χ0v) is 15.1. The minimum absolute atomic E-state index is 0.340. The zero-order valence-electron chi connectivity index (χ0n) is 13.5. The predicted molar refractivity (Wildman–Crippen MR) is 99.4 cm³/mol. The number of anilines is 1. The largest absolute Gasteiger partial charge is 0.493 e. The third-order valence-electron chi connectivity index (χ3n) is 3.58. The maximum absolute atomic E-state index is 12.6. The van der Waals surface area contributed by atoms with Gasteiger partial charge in [-0.05, 0) is 59.8 Å². The number of methoxy groups -OCH3 is 2. The third-order valence-corrected chi connectivity index (χ3v) is 4.71. The van der Waals surface area contributed by atoms with Crippen molar-refractivity contribution in [3.05, 3.63) is 58.0 Å². The molecule has 0 aromatic heterocycles. The van der Waals surface area contributed by atoms with Gasteiger partial charge in [-0.15, -0.1) is 0 Å². The quantitative estimate of drug-likeness (QED) is 0.731. The van der Waals surface area contributed by atoms with Crippen molar-refractivity contribution in [2.75, 3.05) is 19.1 Å². The standard InChI is InChI=1S/C18H14ClNO4S/c1-23-14-8-3-11(9-15(14)24-2)10-16-17(21)20(18(22)25-16)13-6-4-12(19)5-7-13/h3-10H,1-2H3/b16-10-. The van der Waals surface area contributed by atoms with Crippen molar-refractivity contribution < 1.29 is 19.1 Å². The summed E-state index contributed by atoms with van der Waals surface area (Å²) in [6.07, 6.45) is 1.66. The van der Waals surface area contributed by atoms with Gasteiger partial charge in [0.2, 0.25) is 0 Å². The van der Waals surface area contributed by atoms with Gasteiger partial charge < -0.3 is 9.47 Å². The molecule has 1 aliphatic heterocycles.